The maximum absolute atomic E-state index is 12.4. The van der Waals surface area contributed by atoms with E-state index in [4.69, 9.17) is 0 Å². The number of allylic oxidation sites excluding steroid dienone is 1. The zero-order chi connectivity index (χ0) is 20.0. The van der Waals surface area contributed by atoms with E-state index in [0.717, 1.165) is 17.5 Å². The summed E-state index contributed by atoms with van der Waals surface area (Å²) in [7, 11) is 0. The maximum atomic E-state index is 12.4. The number of thioether (sulfide) groups is 1. The van der Waals surface area contributed by atoms with Gasteiger partial charge in [0.05, 0.1) is 0 Å². The van der Waals surface area contributed by atoms with Crippen molar-refractivity contribution in [3.05, 3.63) is 71.3 Å². The summed E-state index contributed by atoms with van der Waals surface area (Å²) in [6, 6.07) is 16.4. The lowest BCUT2D eigenvalue weighted by Gasteiger charge is -2.04. The highest BCUT2D eigenvalue weighted by Gasteiger charge is 2.02. The molecule has 0 unspecified atom stereocenters. The predicted octanol–water partition coefficient (Wildman–Crippen LogP) is 7.99. The van der Waals surface area contributed by atoms with Crippen molar-refractivity contribution in [2.45, 2.75) is 69.6 Å². The predicted molar refractivity (Wildman–Crippen MR) is 124 cm³/mol. The molecular formula is C26H34OS. The lowest BCUT2D eigenvalue weighted by molar-refractivity contribution is 0.104. The van der Waals surface area contributed by atoms with Gasteiger partial charge in [0.1, 0.15) is 0 Å². The first-order valence-electron chi connectivity index (χ1n) is 10.7. The van der Waals surface area contributed by atoms with Gasteiger partial charge in [-0.2, -0.15) is 0 Å². The van der Waals surface area contributed by atoms with Gasteiger partial charge in [0.2, 0.25) is 0 Å². The molecule has 0 aliphatic carbocycles. The average molecular weight is 395 g/mol. The number of unbranched alkanes of at least 4 members (excludes halogenated alkanes) is 7. The standard InChI is InChI=1S/C26H34OS/c1-3-4-5-6-7-8-9-10-11-22-12-17-24(18-13-22)26(27)21-16-23-14-19-25(28-2)20-15-23/h12-21H,3-11H2,1-2H3. The number of ketones is 1. The second kappa shape index (κ2) is 13.4. The van der Waals surface area contributed by atoms with Crippen LogP contribution in [-0.2, 0) is 6.42 Å². The van der Waals surface area contributed by atoms with E-state index < -0.39 is 0 Å². The Balaban J connectivity index is 1.72. The highest BCUT2D eigenvalue weighted by molar-refractivity contribution is 7.98. The summed E-state index contributed by atoms with van der Waals surface area (Å²) in [6.07, 6.45) is 17.5. The van der Waals surface area contributed by atoms with Crippen LogP contribution in [0.25, 0.3) is 6.08 Å². The molecule has 28 heavy (non-hydrogen) atoms. The van der Waals surface area contributed by atoms with E-state index in [0.29, 0.717) is 0 Å². The number of carbonyl (C=O) groups excluding carboxylic acids is 1. The van der Waals surface area contributed by atoms with Crippen molar-refractivity contribution in [3.63, 3.8) is 0 Å². The summed E-state index contributed by atoms with van der Waals surface area (Å²) < 4.78 is 0. The van der Waals surface area contributed by atoms with E-state index in [-0.39, 0.29) is 5.78 Å². The average Bonchev–Trinajstić information content (AvgIpc) is 2.74. The molecule has 0 bridgehead atoms. The monoisotopic (exact) mass is 394 g/mol. The third-order valence-corrected chi connectivity index (χ3v) is 5.84. The topological polar surface area (TPSA) is 17.1 Å². The van der Waals surface area contributed by atoms with Crippen LogP contribution in [0.2, 0.25) is 0 Å². The van der Waals surface area contributed by atoms with Crippen LogP contribution in [0.1, 0.15) is 79.8 Å². The van der Waals surface area contributed by atoms with Crippen LogP contribution in [0.3, 0.4) is 0 Å². The minimum absolute atomic E-state index is 0.0626. The van der Waals surface area contributed by atoms with E-state index in [2.05, 4.69) is 37.4 Å². The molecule has 1 nitrogen and oxygen atoms in total. The first-order valence-corrected chi connectivity index (χ1v) is 11.9. The van der Waals surface area contributed by atoms with E-state index in [1.54, 1.807) is 17.8 Å². The second-order valence-electron chi connectivity index (χ2n) is 7.39. The molecule has 2 aromatic carbocycles. The Morgan fingerprint density at radius 3 is 2.04 bits per heavy atom. The largest absolute Gasteiger partial charge is 0.289 e. The number of carbonyl (C=O) groups is 1. The van der Waals surface area contributed by atoms with Crippen molar-refractivity contribution < 1.29 is 4.79 Å². The number of benzene rings is 2. The van der Waals surface area contributed by atoms with Crippen LogP contribution < -0.4 is 0 Å². The first kappa shape index (κ1) is 22.5. The molecule has 0 aromatic heterocycles. The molecule has 0 aliphatic rings. The summed E-state index contributed by atoms with van der Waals surface area (Å²) in [5.74, 6) is 0.0626. The SMILES string of the molecule is CCCCCCCCCCc1ccc(C(=O)C=Cc2ccc(SC)cc2)cc1. The molecule has 2 heteroatoms. The summed E-state index contributed by atoms with van der Waals surface area (Å²) in [5.41, 5.74) is 3.15. The highest BCUT2D eigenvalue weighted by atomic mass is 32.2. The molecular weight excluding hydrogens is 360 g/mol. The molecule has 0 amide bonds. The molecule has 0 saturated carbocycles. The normalized spacial score (nSPS) is 11.2. The van der Waals surface area contributed by atoms with Crippen LogP contribution in [-0.4, -0.2) is 12.0 Å². The summed E-state index contributed by atoms with van der Waals surface area (Å²) in [4.78, 5) is 13.6. The molecule has 2 rings (SSSR count). The summed E-state index contributed by atoms with van der Waals surface area (Å²) >= 11 is 1.72. The molecule has 0 aliphatic heterocycles. The van der Waals surface area contributed by atoms with Crippen molar-refractivity contribution in [1.82, 2.24) is 0 Å². The Morgan fingerprint density at radius 2 is 1.43 bits per heavy atom. The van der Waals surface area contributed by atoms with Gasteiger partial charge in [-0.1, -0.05) is 94.3 Å². The van der Waals surface area contributed by atoms with Gasteiger partial charge in [-0.15, -0.1) is 11.8 Å². The van der Waals surface area contributed by atoms with E-state index in [1.165, 1.54) is 61.8 Å². The Labute approximate surface area is 175 Å². The molecule has 0 spiro atoms. The Hall–Kier alpha value is -1.80. The van der Waals surface area contributed by atoms with Gasteiger partial charge in [-0.25, -0.2) is 0 Å². The number of rotatable bonds is 13. The molecule has 2 aromatic rings. The van der Waals surface area contributed by atoms with Crippen molar-refractivity contribution in [1.29, 1.82) is 0 Å². The van der Waals surface area contributed by atoms with Crippen LogP contribution in [0, 0.1) is 0 Å². The van der Waals surface area contributed by atoms with Gasteiger partial charge in [0.25, 0.3) is 0 Å². The molecule has 0 radical (unpaired) electrons. The number of hydrogen-bond donors (Lipinski definition) is 0. The van der Waals surface area contributed by atoms with Gasteiger partial charge in [-0.05, 0) is 48.4 Å². The van der Waals surface area contributed by atoms with E-state index in [9.17, 15) is 4.79 Å². The van der Waals surface area contributed by atoms with Crippen molar-refractivity contribution >= 4 is 23.6 Å². The van der Waals surface area contributed by atoms with Crippen LogP contribution in [0.15, 0.2) is 59.5 Å². The van der Waals surface area contributed by atoms with Gasteiger partial charge in [0, 0.05) is 10.5 Å². The highest BCUT2D eigenvalue weighted by Crippen LogP contribution is 2.16. The number of aryl methyl sites for hydroxylation is 1. The van der Waals surface area contributed by atoms with Gasteiger partial charge < -0.3 is 0 Å². The maximum Gasteiger partial charge on any atom is 0.185 e. The minimum Gasteiger partial charge on any atom is -0.289 e. The molecule has 0 fully saturated rings. The fraction of sp³-hybridized carbons (Fsp3) is 0.423. The minimum atomic E-state index is 0.0626. The van der Waals surface area contributed by atoms with Gasteiger partial charge >= 0.3 is 0 Å². The van der Waals surface area contributed by atoms with Gasteiger partial charge in [-0.3, -0.25) is 4.79 Å². The molecule has 0 atom stereocenters. The third-order valence-electron chi connectivity index (χ3n) is 5.10. The second-order valence-corrected chi connectivity index (χ2v) is 8.27. The Bertz CT molecular complexity index is 713. The zero-order valence-electron chi connectivity index (χ0n) is 17.5. The lowest BCUT2D eigenvalue weighted by Crippen LogP contribution is -1.95. The van der Waals surface area contributed by atoms with Crippen molar-refractivity contribution in [2.24, 2.45) is 0 Å². The smallest absolute Gasteiger partial charge is 0.185 e. The quantitative estimate of drug-likeness (QED) is 0.148. The Morgan fingerprint density at radius 1 is 0.821 bits per heavy atom. The van der Waals surface area contributed by atoms with E-state index >= 15 is 0 Å². The Kier molecular flexibility index (Phi) is 10.8. The van der Waals surface area contributed by atoms with Crippen LogP contribution >= 0.6 is 11.8 Å². The van der Waals surface area contributed by atoms with Crippen molar-refractivity contribution in [3.8, 4) is 0 Å². The fourth-order valence-electron chi connectivity index (χ4n) is 3.28. The molecule has 0 saturated heterocycles. The van der Waals surface area contributed by atoms with Crippen molar-refractivity contribution in [2.75, 3.05) is 6.26 Å². The molecule has 0 N–H and O–H groups in total. The van der Waals surface area contributed by atoms with Gasteiger partial charge in [0.15, 0.2) is 5.78 Å². The molecule has 0 heterocycles. The zero-order valence-corrected chi connectivity index (χ0v) is 18.3. The summed E-state index contributed by atoms with van der Waals surface area (Å²) in [6.45, 7) is 2.26. The van der Waals surface area contributed by atoms with Crippen LogP contribution in [0.5, 0.6) is 0 Å². The summed E-state index contributed by atoms with van der Waals surface area (Å²) in [5, 5.41) is 0. The first-order chi connectivity index (χ1) is 13.7. The van der Waals surface area contributed by atoms with E-state index in [1.807, 2.05) is 30.3 Å². The lowest BCUT2D eigenvalue weighted by atomic mass is 10.0. The fourth-order valence-corrected chi connectivity index (χ4v) is 3.69. The number of hydrogen-bond acceptors (Lipinski definition) is 2. The third kappa shape index (κ3) is 8.48. The molecule has 150 valence electrons. The van der Waals surface area contributed by atoms with Crippen LogP contribution in [0.4, 0.5) is 0 Å².